The van der Waals surface area contributed by atoms with Gasteiger partial charge in [-0.15, -0.1) is 0 Å². The number of nitrogens with zero attached hydrogens (tertiary/aromatic N) is 1. The Morgan fingerprint density at radius 1 is 1.00 bits per heavy atom. The predicted octanol–water partition coefficient (Wildman–Crippen LogP) is 4.53. The van der Waals surface area contributed by atoms with Crippen molar-refractivity contribution >= 4 is 21.6 Å². The fourth-order valence-corrected chi connectivity index (χ4v) is 6.42. The van der Waals surface area contributed by atoms with E-state index in [1.165, 1.54) is 12.1 Å². The number of para-hydroxylation sites is 1. The lowest BCUT2D eigenvalue weighted by molar-refractivity contribution is 0.0708. The van der Waals surface area contributed by atoms with Crippen molar-refractivity contribution < 1.29 is 13.2 Å². The van der Waals surface area contributed by atoms with Gasteiger partial charge in [0.05, 0.1) is 4.90 Å². The van der Waals surface area contributed by atoms with Crippen molar-refractivity contribution in [3.8, 4) is 0 Å². The van der Waals surface area contributed by atoms with Crippen molar-refractivity contribution in [2.24, 2.45) is 10.8 Å². The normalized spacial score (nSPS) is 25.6. The van der Waals surface area contributed by atoms with Crippen LogP contribution in [0, 0.1) is 10.8 Å². The van der Waals surface area contributed by atoms with Gasteiger partial charge in [0.25, 0.3) is 15.9 Å². The summed E-state index contributed by atoms with van der Waals surface area (Å²) < 4.78 is 27.8. The summed E-state index contributed by atoms with van der Waals surface area (Å²) in [4.78, 5) is 15.3. The highest BCUT2D eigenvalue weighted by atomic mass is 32.2. The number of fused-ring (bicyclic) bond motifs is 2. The Kier molecular flexibility index (Phi) is 4.73. The predicted molar refractivity (Wildman–Crippen MR) is 114 cm³/mol. The van der Waals surface area contributed by atoms with E-state index in [9.17, 15) is 13.2 Å². The molecule has 1 aliphatic carbocycles. The number of benzene rings is 2. The second-order valence-electron chi connectivity index (χ2n) is 9.64. The summed E-state index contributed by atoms with van der Waals surface area (Å²) in [5.41, 5.74) is 1.46. The first-order valence-corrected chi connectivity index (χ1v) is 11.5. The number of hydrogen-bond donors (Lipinski definition) is 1. The van der Waals surface area contributed by atoms with Gasteiger partial charge in [0, 0.05) is 23.8 Å². The fraction of sp³-hybridized carbons (Fsp3) is 0.435. The molecule has 2 bridgehead atoms. The van der Waals surface area contributed by atoms with Gasteiger partial charge in [0.15, 0.2) is 0 Å². The Morgan fingerprint density at radius 2 is 1.66 bits per heavy atom. The first kappa shape index (κ1) is 20.0. The van der Waals surface area contributed by atoms with E-state index in [-0.39, 0.29) is 27.7 Å². The lowest BCUT2D eigenvalue weighted by atomic mass is 9.65. The number of rotatable bonds is 4. The molecule has 4 rings (SSSR count). The fourth-order valence-electron chi connectivity index (χ4n) is 5.36. The molecule has 2 atom stereocenters. The Labute approximate surface area is 173 Å². The van der Waals surface area contributed by atoms with E-state index in [0.717, 1.165) is 25.8 Å². The van der Waals surface area contributed by atoms with Gasteiger partial charge in [0.1, 0.15) is 0 Å². The van der Waals surface area contributed by atoms with Crippen molar-refractivity contribution in [2.45, 2.75) is 51.0 Å². The summed E-state index contributed by atoms with van der Waals surface area (Å²) in [6.45, 7) is 7.62. The van der Waals surface area contributed by atoms with E-state index in [0.29, 0.717) is 11.3 Å². The van der Waals surface area contributed by atoms with Crippen molar-refractivity contribution in [1.29, 1.82) is 0 Å². The third kappa shape index (κ3) is 4.04. The van der Waals surface area contributed by atoms with Crippen LogP contribution in [0.25, 0.3) is 0 Å². The number of sulfonamides is 1. The smallest absolute Gasteiger partial charge is 0.261 e. The number of carbonyl (C=O) groups is 1. The van der Waals surface area contributed by atoms with Crippen LogP contribution in [0.4, 0.5) is 5.69 Å². The van der Waals surface area contributed by atoms with Gasteiger partial charge >= 0.3 is 0 Å². The zero-order valence-electron chi connectivity index (χ0n) is 17.2. The molecule has 1 saturated heterocycles. The van der Waals surface area contributed by atoms with Gasteiger partial charge in [-0.3, -0.25) is 9.52 Å². The van der Waals surface area contributed by atoms with Gasteiger partial charge < -0.3 is 4.90 Å². The Balaban J connectivity index is 1.52. The second-order valence-corrected chi connectivity index (χ2v) is 11.3. The van der Waals surface area contributed by atoms with Crippen molar-refractivity contribution in [1.82, 2.24) is 4.90 Å². The highest BCUT2D eigenvalue weighted by Gasteiger charge is 2.51. The third-order valence-electron chi connectivity index (χ3n) is 6.11. The van der Waals surface area contributed by atoms with Gasteiger partial charge in [-0.25, -0.2) is 8.42 Å². The van der Waals surface area contributed by atoms with Crippen LogP contribution in [0.2, 0.25) is 0 Å². The van der Waals surface area contributed by atoms with Crippen LogP contribution in [0.15, 0.2) is 59.5 Å². The maximum absolute atomic E-state index is 13.2. The zero-order chi connectivity index (χ0) is 20.9. The molecule has 154 valence electrons. The third-order valence-corrected chi connectivity index (χ3v) is 7.51. The number of nitrogens with one attached hydrogen (secondary N) is 1. The standard InChI is InChI=1S/C23H28N2O3S/c1-22(2)13-19-14-23(3,15-22)16-25(19)21(26)17-9-11-20(12-10-17)29(27,28)24-18-7-5-4-6-8-18/h4-12,19,24H,13-16H2,1-3H3/t19-,23+/m0/s1. The van der Waals surface area contributed by atoms with Crippen LogP contribution in [-0.2, 0) is 10.0 Å². The van der Waals surface area contributed by atoms with E-state index in [2.05, 4.69) is 25.5 Å². The topological polar surface area (TPSA) is 66.5 Å². The molecule has 0 aromatic heterocycles. The minimum absolute atomic E-state index is 0.00334. The van der Waals surface area contributed by atoms with Crippen molar-refractivity contribution in [2.75, 3.05) is 11.3 Å². The summed E-state index contributed by atoms with van der Waals surface area (Å²) in [7, 11) is -3.69. The van der Waals surface area contributed by atoms with Crippen molar-refractivity contribution in [3.05, 3.63) is 60.2 Å². The lowest BCUT2D eigenvalue weighted by Crippen LogP contribution is -2.37. The van der Waals surface area contributed by atoms with Crippen LogP contribution >= 0.6 is 0 Å². The molecule has 5 nitrogen and oxygen atoms in total. The van der Waals surface area contributed by atoms with E-state index < -0.39 is 10.0 Å². The van der Waals surface area contributed by atoms with Crippen LogP contribution in [0.3, 0.4) is 0 Å². The average molecular weight is 413 g/mol. The SMILES string of the molecule is CC1(C)C[C@H]2C[C@@](C)(CN2C(=O)c2ccc(S(=O)(=O)Nc3ccccc3)cc2)C1. The van der Waals surface area contributed by atoms with Gasteiger partial charge in [-0.05, 0) is 66.5 Å². The average Bonchev–Trinajstić information content (AvgIpc) is 2.90. The maximum Gasteiger partial charge on any atom is 0.261 e. The van der Waals surface area contributed by atoms with Gasteiger partial charge in [-0.1, -0.05) is 39.0 Å². The molecule has 0 radical (unpaired) electrons. The molecule has 1 amide bonds. The summed E-state index contributed by atoms with van der Waals surface area (Å²) in [6, 6.07) is 15.3. The summed E-state index contributed by atoms with van der Waals surface area (Å²) in [5.74, 6) is -0.00334. The monoisotopic (exact) mass is 412 g/mol. The Morgan fingerprint density at radius 3 is 2.31 bits per heavy atom. The minimum Gasteiger partial charge on any atom is -0.335 e. The van der Waals surface area contributed by atoms with Crippen LogP contribution in [0.5, 0.6) is 0 Å². The van der Waals surface area contributed by atoms with Gasteiger partial charge in [-0.2, -0.15) is 0 Å². The molecule has 1 saturated carbocycles. The van der Waals surface area contributed by atoms with Crippen molar-refractivity contribution in [3.63, 3.8) is 0 Å². The highest BCUT2D eigenvalue weighted by Crippen LogP contribution is 2.52. The highest BCUT2D eigenvalue weighted by molar-refractivity contribution is 7.92. The largest absolute Gasteiger partial charge is 0.335 e. The molecule has 0 unspecified atom stereocenters. The molecule has 2 aliphatic rings. The van der Waals surface area contributed by atoms with Crippen LogP contribution < -0.4 is 4.72 Å². The Bertz CT molecular complexity index is 1020. The Hall–Kier alpha value is -2.34. The molecule has 1 N–H and O–H groups in total. The maximum atomic E-state index is 13.2. The van der Waals surface area contributed by atoms with Gasteiger partial charge in [0.2, 0.25) is 0 Å². The summed E-state index contributed by atoms with van der Waals surface area (Å²) in [5, 5.41) is 0. The number of hydrogen-bond acceptors (Lipinski definition) is 3. The van der Waals surface area contributed by atoms with E-state index >= 15 is 0 Å². The van der Waals surface area contributed by atoms with Crippen LogP contribution in [0.1, 0.15) is 50.4 Å². The van der Waals surface area contributed by atoms with E-state index in [1.807, 2.05) is 11.0 Å². The molecule has 29 heavy (non-hydrogen) atoms. The number of carbonyl (C=O) groups excluding carboxylic acids is 1. The number of anilines is 1. The first-order chi connectivity index (χ1) is 13.6. The van der Waals surface area contributed by atoms with E-state index in [1.54, 1.807) is 36.4 Å². The minimum atomic E-state index is -3.69. The molecular weight excluding hydrogens is 384 g/mol. The van der Waals surface area contributed by atoms with Crippen LogP contribution in [-0.4, -0.2) is 31.8 Å². The molecule has 2 aromatic rings. The zero-order valence-corrected chi connectivity index (χ0v) is 18.0. The number of amides is 1. The number of likely N-dealkylation sites (tertiary alicyclic amines) is 1. The molecule has 0 spiro atoms. The molecule has 6 heteroatoms. The molecule has 2 fully saturated rings. The second kappa shape index (κ2) is 6.87. The quantitative estimate of drug-likeness (QED) is 0.802. The molecular formula is C23H28N2O3S. The molecule has 2 aromatic carbocycles. The molecule has 1 aliphatic heterocycles. The molecule has 1 heterocycles. The summed E-state index contributed by atoms with van der Waals surface area (Å²) >= 11 is 0. The summed E-state index contributed by atoms with van der Waals surface area (Å²) in [6.07, 6.45) is 3.19. The lowest BCUT2D eigenvalue weighted by Gasteiger charge is -2.39. The van der Waals surface area contributed by atoms with E-state index in [4.69, 9.17) is 0 Å². The first-order valence-electron chi connectivity index (χ1n) is 10.1.